The first-order valence-electron chi connectivity index (χ1n) is 5.58. The van der Waals surface area contributed by atoms with E-state index in [4.69, 9.17) is 13.9 Å². The summed E-state index contributed by atoms with van der Waals surface area (Å²) in [5.41, 5.74) is 0. The summed E-state index contributed by atoms with van der Waals surface area (Å²) >= 11 is 0. The molecule has 1 aromatic heterocycles. The molecule has 0 radical (unpaired) electrons. The third-order valence-corrected chi connectivity index (χ3v) is 2.06. The van der Waals surface area contributed by atoms with E-state index in [1.54, 1.807) is 19.1 Å². The first-order chi connectivity index (χ1) is 8.17. The van der Waals surface area contributed by atoms with Crippen LogP contribution in [0.1, 0.15) is 36.6 Å². The van der Waals surface area contributed by atoms with Gasteiger partial charge in [-0.3, -0.25) is 4.79 Å². The smallest absolute Gasteiger partial charge is 0.374 e. The van der Waals surface area contributed by atoms with Crippen LogP contribution < -0.4 is 0 Å². The van der Waals surface area contributed by atoms with Crippen molar-refractivity contribution < 1.29 is 23.5 Å². The fourth-order valence-corrected chi connectivity index (χ4v) is 1.21. The summed E-state index contributed by atoms with van der Waals surface area (Å²) in [5.74, 6) is -0.0592. The minimum atomic E-state index is -0.561. The van der Waals surface area contributed by atoms with E-state index in [0.29, 0.717) is 6.61 Å². The summed E-state index contributed by atoms with van der Waals surface area (Å²) < 4.78 is 14.8. The van der Waals surface area contributed by atoms with Crippen molar-refractivity contribution in [2.24, 2.45) is 0 Å². The molecule has 1 heterocycles. The van der Waals surface area contributed by atoms with Crippen LogP contribution in [0.4, 0.5) is 0 Å². The Bertz CT molecular complexity index is 380. The van der Waals surface area contributed by atoms with Gasteiger partial charge in [-0.1, -0.05) is 6.92 Å². The van der Waals surface area contributed by atoms with Gasteiger partial charge in [-0.15, -0.1) is 0 Å². The van der Waals surface area contributed by atoms with Crippen LogP contribution in [0.5, 0.6) is 0 Å². The Morgan fingerprint density at radius 1 is 1.24 bits per heavy atom. The molecule has 5 nitrogen and oxygen atoms in total. The van der Waals surface area contributed by atoms with E-state index in [2.05, 4.69) is 0 Å². The summed E-state index contributed by atoms with van der Waals surface area (Å²) in [6.45, 7) is 3.97. The normalized spacial score (nSPS) is 10.0. The summed E-state index contributed by atoms with van der Waals surface area (Å²) in [6.07, 6.45) is 0.775. The average molecular weight is 240 g/mol. The van der Waals surface area contributed by atoms with Gasteiger partial charge in [0.2, 0.25) is 5.76 Å². The predicted octanol–water partition coefficient (Wildman–Crippen LogP) is 1.95. The first kappa shape index (κ1) is 13.3. The maximum absolute atomic E-state index is 11.4. The van der Waals surface area contributed by atoms with Crippen molar-refractivity contribution in [3.8, 4) is 0 Å². The lowest BCUT2D eigenvalue weighted by atomic mass is 10.3. The molecule has 94 valence electrons. The van der Waals surface area contributed by atoms with Crippen molar-refractivity contribution in [1.82, 2.24) is 0 Å². The lowest BCUT2D eigenvalue weighted by molar-refractivity contribution is -0.143. The molecule has 0 aliphatic heterocycles. The quantitative estimate of drug-likeness (QED) is 0.711. The fourth-order valence-electron chi connectivity index (χ4n) is 1.21. The van der Waals surface area contributed by atoms with Gasteiger partial charge in [0.1, 0.15) is 12.4 Å². The third-order valence-electron chi connectivity index (χ3n) is 2.06. The van der Waals surface area contributed by atoms with E-state index in [1.165, 1.54) is 0 Å². The molecular weight excluding hydrogens is 224 g/mol. The molecule has 0 bridgehead atoms. The van der Waals surface area contributed by atoms with Crippen LogP contribution in [0, 0.1) is 0 Å². The van der Waals surface area contributed by atoms with Crippen LogP contribution in [0.15, 0.2) is 16.5 Å². The van der Waals surface area contributed by atoms with Gasteiger partial charge in [0.15, 0.2) is 0 Å². The largest absolute Gasteiger partial charge is 0.466 e. The van der Waals surface area contributed by atoms with Crippen LogP contribution in [0.25, 0.3) is 0 Å². The third kappa shape index (κ3) is 4.30. The second kappa shape index (κ2) is 6.73. The molecule has 0 aliphatic carbocycles. The maximum atomic E-state index is 11.4. The number of esters is 2. The van der Waals surface area contributed by atoms with Crippen molar-refractivity contribution in [2.45, 2.75) is 26.7 Å². The molecule has 0 aliphatic rings. The van der Waals surface area contributed by atoms with Gasteiger partial charge in [0.05, 0.1) is 13.0 Å². The van der Waals surface area contributed by atoms with Gasteiger partial charge >= 0.3 is 11.9 Å². The Labute approximate surface area is 99.7 Å². The van der Waals surface area contributed by atoms with Gasteiger partial charge in [-0.25, -0.2) is 4.79 Å². The Morgan fingerprint density at radius 3 is 2.59 bits per heavy atom. The van der Waals surface area contributed by atoms with E-state index < -0.39 is 5.97 Å². The SMILES string of the molecule is CCOC(=O)CCOC(=O)c1ccc(CC)o1. The molecular formula is C12H16O5. The minimum Gasteiger partial charge on any atom is -0.466 e. The highest BCUT2D eigenvalue weighted by molar-refractivity contribution is 5.86. The molecule has 0 N–H and O–H groups in total. The number of rotatable bonds is 6. The predicted molar refractivity (Wildman–Crippen MR) is 59.6 cm³/mol. The molecule has 0 fully saturated rings. The summed E-state index contributed by atoms with van der Waals surface area (Å²) in [6, 6.07) is 3.29. The monoisotopic (exact) mass is 240 g/mol. The van der Waals surface area contributed by atoms with Gasteiger partial charge in [0, 0.05) is 6.42 Å². The second-order valence-corrected chi connectivity index (χ2v) is 3.31. The number of aryl methyl sites for hydroxylation is 1. The molecule has 0 spiro atoms. The second-order valence-electron chi connectivity index (χ2n) is 3.31. The van der Waals surface area contributed by atoms with Crippen molar-refractivity contribution in [3.63, 3.8) is 0 Å². The summed E-state index contributed by atoms with van der Waals surface area (Å²) in [5, 5.41) is 0. The maximum Gasteiger partial charge on any atom is 0.374 e. The number of carbonyl (C=O) groups excluding carboxylic acids is 2. The van der Waals surface area contributed by atoms with Gasteiger partial charge in [-0.2, -0.15) is 0 Å². The number of ether oxygens (including phenoxy) is 2. The Kier molecular flexibility index (Phi) is 5.26. The van der Waals surface area contributed by atoms with Gasteiger partial charge in [0.25, 0.3) is 0 Å². The molecule has 0 aromatic carbocycles. The number of carbonyl (C=O) groups is 2. The molecule has 0 saturated carbocycles. The highest BCUT2D eigenvalue weighted by atomic mass is 16.6. The van der Waals surface area contributed by atoms with Crippen LogP contribution in [0.3, 0.4) is 0 Å². The zero-order valence-electron chi connectivity index (χ0n) is 10.0. The van der Waals surface area contributed by atoms with Crippen LogP contribution in [-0.4, -0.2) is 25.2 Å². The molecule has 5 heteroatoms. The molecule has 0 saturated heterocycles. The van der Waals surface area contributed by atoms with E-state index in [1.807, 2.05) is 6.92 Å². The van der Waals surface area contributed by atoms with E-state index in [9.17, 15) is 9.59 Å². The summed E-state index contributed by atoms with van der Waals surface area (Å²) in [7, 11) is 0. The zero-order chi connectivity index (χ0) is 12.7. The van der Waals surface area contributed by atoms with Crippen LogP contribution in [-0.2, 0) is 20.7 Å². The van der Waals surface area contributed by atoms with Crippen molar-refractivity contribution in [2.75, 3.05) is 13.2 Å². The first-order valence-corrected chi connectivity index (χ1v) is 5.58. The van der Waals surface area contributed by atoms with Crippen LogP contribution in [0.2, 0.25) is 0 Å². The molecule has 0 amide bonds. The highest BCUT2D eigenvalue weighted by Gasteiger charge is 2.12. The Hall–Kier alpha value is -1.78. The topological polar surface area (TPSA) is 65.7 Å². The van der Waals surface area contributed by atoms with E-state index in [0.717, 1.165) is 12.2 Å². The standard InChI is InChI=1S/C12H16O5/c1-3-9-5-6-10(17-9)12(14)16-8-7-11(13)15-4-2/h5-6H,3-4,7-8H2,1-2H3. The number of hydrogen-bond donors (Lipinski definition) is 0. The van der Waals surface area contributed by atoms with Crippen molar-refractivity contribution in [1.29, 1.82) is 0 Å². The van der Waals surface area contributed by atoms with Gasteiger partial charge < -0.3 is 13.9 Å². The Balaban J connectivity index is 2.32. The molecule has 17 heavy (non-hydrogen) atoms. The van der Waals surface area contributed by atoms with Crippen LogP contribution >= 0.6 is 0 Å². The number of hydrogen-bond acceptors (Lipinski definition) is 5. The number of furan rings is 1. The molecule has 1 rings (SSSR count). The highest BCUT2D eigenvalue weighted by Crippen LogP contribution is 2.09. The van der Waals surface area contributed by atoms with E-state index >= 15 is 0 Å². The minimum absolute atomic E-state index is 0.000174. The van der Waals surface area contributed by atoms with E-state index in [-0.39, 0.29) is 24.8 Å². The molecule has 0 unspecified atom stereocenters. The lowest BCUT2D eigenvalue weighted by Crippen LogP contribution is -2.11. The Morgan fingerprint density at radius 2 is 2.00 bits per heavy atom. The van der Waals surface area contributed by atoms with Gasteiger partial charge in [-0.05, 0) is 19.1 Å². The van der Waals surface area contributed by atoms with Crippen molar-refractivity contribution in [3.05, 3.63) is 23.7 Å². The summed E-state index contributed by atoms with van der Waals surface area (Å²) in [4.78, 5) is 22.4. The fraction of sp³-hybridized carbons (Fsp3) is 0.500. The molecule has 1 aromatic rings. The molecule has 0 atom stereocenters. The zero-order valence-corrected chi connectivity index (χ0v) is 10.0. The van der Waals surface area contributed by atoms with Crippen molar-refractivity contribution >= 4 is 11.9 Å². The average Bonchev–Trinajstić information content (AvgIpc) is 2.77. The lowest BCUT2D eigenvalue weighted by Gasteiger charge is -2.02.